The van der Waals surface area contributed by atoms with Gasteiger partial charge < -0.3 is 19.9 Å². The second kappa shape index (κ2) is 8.76. The number of carbonyl (C=O) groups is 3. The fraction of sp³-hybridized carbons (Fsp3) is 0.0870. The van der Waals surface area contributed by atoms with Gasteiger partial charge in [-0.1, -0.05) is 12.1 Å². The number of carbonyl (C=O) groups excluding carboxylic acids is 3. The van der Waals surface area contributed by atoms with Gasteiger partial charge in [0.05, 0.1) is 12.8 Å². The van der Waals surface area contributed by atoms with E-state index in [-0.39, 0.29) is 11.4 Å². The first-order valence-corrected chi connectivity index (χ1v) is 9.67. The standard InChI is InChI=1S/C23H19FN4O4/c1-32-17-10-8-15(9-11-17)27-12-4-5-16(27)13-20-22(30)28(23(31)26-20)14-21(29)25-19-7-3-2-6-18(19)24/h2-13H,14H2,1H3,(H,25,29)(H,26,31). The number of methoxy groups -OCH3 is 1. The van der Waals surface area contributed by atoms with E-state index in [1.165, 1.54) is 24.3 Å². The first kappa shape index (κ1) is 20.9. The lowest BCUT2D eigenvalue weighted by Gasteiger charge is -2.12. The number of imide groups is 1. The number of benzene rings is 2. The van der Waals surface area contributed by atoms with Gasteiger partial charge in [0, 0.05) is 17.6 Å². The van der Waals surface area contributed by atoms with Crippen molar-refractivity contribution >= 4 is 29.6 Å². The number of para-hydroxylation sites is 1. The van der Waals surface area contributed by atoms with Gasteiger partial charge in [0.1, 0.15) is 23.8 Å². The largest absolute Gasteiger partial charge is 0.497 e. The van der Waals surface area contributed by atoms with E-state index < -0.39 is 30.2 Å². The van der Waals surface area contributed by atoms with Crippen LogP contribution in [-0.2, 0) is 9.59 Å². The number of amides is 4. The molecular weight excluding hydrogens is 415 g/mol. The Hall–Kier alpha value is -4.40. The Labute approximate surface area is 182 Å². The van der Waals surface area contributed by atoms with Gasteiger partial charge in [-0.2, -0.15) is 0 Å². The van der Waals surface area contributed by atoms with E-state index in [1.807, 2.05) is 35.0 Å². The first-order chi connectivity index (χ1) is 15.5. The molecule has 162 valence electrons. The lowest BCUT2D eigenvalue weighted by molar-refractivity contribution is -0.127. The molecule has 0 aliphatic carbocycles. The van der Waals surface area contributed by atoms with Gasteiger partial charge >= 0.3 is 6.03 Å². The molecule has 0 saturated carbocycles. The quantitative estimate of drug-likeness (QED) is 0.461. The van der Waals surface area contributed by atoms with Crippen LogP contribution in [0, 0.1) is 5.82 Å². The summed E-state index contributed by atoms with van der Waals surface area (Å²) in [7, 11) is 1.58. The Morgan fingerprint density at radius 2 is 1.84 bits per heavy atom. The fourth-order valence-electron chi connectivity index (χ4n) is 3.25. The number of rotatable bonds is 6. The van der Waals surface area contributed by atoms with Crippen molar-refractivity contribution in [3.8, 4) is 11.4 Å². The van der Waals surface area contributed by atoms with Crippen molar-refractivity contribution in [2.75, 3.05) is 19.0 Å². The second-order valence-electron chi connectivity index (χ2n) is 6.91. The average molecular weight is 434 g/mol. The van der Waals surface area contributed by atoms with Crippen LogP contribution < -0.4 is 15.4 Å². The van der Waals surface area contributed by atoms with Gasteiger partial charge in [-0.15, -0.1) is 0 Å². The van der Waals surface area contributed by atoms with Crippen molar-refractivity contribution in [2.24, 2.45) is 0 Å². The van der Waals surface area contributed by atoms with E-state index in [1.54, 1.807) is 25.3 Å². The molecular formula is C23H19FN4O4. The van der Waals surface area contributed by atoms with Gasteiger partial charge in [-0.05, 0) is 54.6 Å². The Kier molecular flexibility index (Phi) is 5.71. The molecule has 0 bridgehead atoms. The molecule has 0 unspecified atom stereocenters. The Bertz CT molecular complexity index is 1220. The summed E-state index contributed by atoms with van der Waals surface area (Å²) in [5.41, 5.74) is 1.48. The van der Waals surface area contributed by atoms with Crippen molar-refractivity contribution in [1.82, 2.24) is 14.8 Å². The number of ether oxygens (including phenoxy) is 1. The molecule has 1 aromatic heterocycles. The van der Waals surface area contributed by atoms with Gasteiger partial charge in [0.15, 0.2) is 0 Å². The van der Waals surface area contributed by atoms with Crippen molar-refractivity contribution in [3.05, 3.63) is 84.1 Å². The van der Waals surface area contributed by atoms with Crippen LogP contribution in [0.2, 0.25) is 0 Å². The normalized spacial score (nSPS) is 14.6. The predicted octanol–water partition coefficient (Wildman–Crippen LogP) is 3.16. The third kappa shape index (κ3) is 4.22. The molecule has 1 aliphatic heterocycles. The van der Waals surface area contributed by atoms with Gasteiger partial charge in [0.2, 0.25) is 5.91 Å². The van der Waals surface area contributed by atoms with E-state index in [0.29, 0.717) is 11.4 Å². The summed E-state index contributed by atoms with van der Waals surface area (Å²) in [6.45, 7) is -0.546. The maximum atomic E-state index is 13.7. The van der Waals surface area contributed by atoms with Crippen LogP contribution >= 0.6 is 0 Å². The van der Waals surface area contributed by atoms with Crippen LogP contribution in [0.1, 0.15) is 5.69 Å². The zero-order chi connectivity index (χ0) is 22.7. The van der Waals surface area contributed by atoms with Crippen LogP contribution in [-0.4, -0.2) is 41.0 Å². The molecule has 1 saturated heterocycles. The highest BCUT2D eigenvalue weighted by atomic mass is 19.1. The number of aromatic nitrogens is 1. The molecule has 2 heterocycles. The monoisotopic (exact) mass is 434 g/mol. The SMILES string of the molecule is COc1ccc(-n2cccc2C=C2NC(=O)N(CC(=O)Nc3ccccc3F)C2=O)cc1. The molecule has 32 heavy (non-hydrogen) atoms. The van der Waals surface area contributed by atoms with E-state index in [9.17, 15) is 18.8 Å². The van der Waals surface area contributed by atoms with Crippen molar-refractivity contribution in [3.63, 3.8) is 0 Å². The molecule has 4 rings (SSSR count). The second-order valence-corrected chi connectivity index (χ2v) is 6.91. The third-order valence-corrected chi connectivity index (χ3v) is 4.84. The number of nitrogens with zero attached hydrogens (tertiary/aromatic N) is 2. The summed E-state index contributed by atoms with van der Waals surface area (Å²) in [6.07, 6.45) is 3.34. The van der Waals surface area contributed by atoms with Crippen molar-refractivity contribution in [1.29, 1.82) is 0 Å². The molecule has 0 spiro atoms. The molecule has 1 aliphatic rings. The summed E-state index contributed by atoms with van der Waals surface area (Å²) in [5.74, 6) is -1.25. The molecule has 9 heteroatoms. The van der Waals surface area contributed by atoms with Crippen LogP contribution in [0.3, 0.4) is 0 Å². The Morgan fingerprint density at radius 3 is 2.56 bits per heavy atom. The summed E-state index contributed by atoms with van der Waals surface area (Å²) in [6, 6.07) is 15.8. The summed E-state index contributed by atoms with van der Waals surface area (Å²) < 4.78 is 20.7. The smallest absolute Gasteiger partial charge is 0.329 e. The van der Waals surface area contributed by atoms with Crippen LogP contribution in [0.5, 0.6) is 5.75 Å². The molecule has 8 nitrogen and oxygen atoms in total. The third-order valence-electron chi connectivity index (χ3n) is 4.84. The number of halogens is 1. The number of anilines is 1. The molecule has 0 radical (unpaired) electrons. The average Bonchev–Trinajstić information content (AvgIpc) is 3.35. The highest BCUT2D eigenvalue weighted by molar-refractivity contribution is 6.15. The summed E-state index contributed by atoms with van der Waals surface area (Å²) in [4.78, 5) is 38.0. The van der Waals surface area contributed by atoms with Gasteiger partial charge in [-0.3, -0.25) is 9.59 Å². The van der Waals surface area contributed by atoms with Crippen LogP contribution in [0.25, 0.3) is 11.8 Å². The molecule has 2 N–H and O–H groups in total. The van der Waals surface area contributed by atoms with E-state index in [0.717, 1.165) is 10.6 Å². The number of hydrogen-bond donors (Lipinski definition) is 2. The highest BCUT2D eigenvalue weighted by Gasteiger charge is 2.35. The maximum Gasteiger partial charge on any atom is 0.329 e. The minimum Gasteiger partial charge on any atom is -0.497 e. The van der Waals surface area contributed by atoms with Gasteiger partial charge in [-0.25, -0.2) is 14.1 Å². The molecule has 4 amide bonds. The van der Waals surface area contributed by atoms with Crippen molar-refractivity contribution < 1.29 is 23.5 Å². The Balaban J connectivity index is 1.50. The topological polar surface area (TPSA) is 92.7 Å². The maximum absolute atomic E-state index is 13.7. The molecule has 2 aromatic carbocycles. The lowest BCUT2D eigenvalue weighted by atomic mass is 10.2. The first-order valence-electron chi connectivity index (χ1n) is 9.67. The van der Waals surface area contributed by atoms with Crippen LogP contribution in [0.15, 0.2) is 72.6 Å². The fourth-order valence-corrected chi connectivity index (χ4v) is 3.25. The van der Waals surface area contributed by atoms with Gasteiger partial charge in [0.25, 0.3) is 5.91 Å². The van der Waals surface area contributed by atoms with Crippen LogP contribution in [0.4, 0.5) is 14.9 Å². The predicted molar refractivity (Wildman–Crippen MR) is 116 cm³/mol. The zero-order valence-corrected chi connectivity index (χ0v) is 17.0. The summed E-state index contributed by atoms with van der Waals surface area (Å²) >= 11 is 0. The van der Waals surface area contributed by atoms with E-state index >= 15 is 0 Å². The van der Waals surface area contributed by atoms with Crippen molar-refractivity contribution in [2.45, 2.75) is 0 Å². The number of nitrogens with one attached hydrogen (secondary N) is 2. The van der Waals surface area contributed by atoms with E-state index in [2.05, 4.69) is 10.6 Å². The zero-order valence-electron chi connectivity index (χ0n) is 17.0. The Morgan fingerprint density at radius 1 is 1.09 bits per heavy atom. The minimum absolute atomic E-state index is 0.0298. The minimum atomic E-state index is -0.729. The summed E-state index contributed by atoms with van der Waals surface area (Å²) in [5, 5.41) is 4.84. The number of urea groups is 1. The molecule has 3 aromatic rings. The lowest BCUT2D eigenvalue weighted by Crippen LogP contribution is -2.38. The highest BCUT2D eigenvalue weighted by Crippen LogP contribution is 2.20. The molecule has 1 fully saturated rings. The number of hydrogen-bond acceptors (Lipinski definition) is 4. The molecule has 0 atom stereocenters. The van der Waals surface area contributed by atoms with E-state index in [4.69, 9.17) is 4.74 Å².